The van der Waals surface area contributed by atoms with Crippen molar-refractivity contribution in [1.82, 2.24) is 9.88 Å². The molecule has 2 aromatic rings. The first-order chi connectivity index (χ1) is 12.9. The van der Waals surface area contributed by atoms with Crippen molar-refractivity contribution in [3.8, 4) is 17.0 Å². The van der Waals surface area contributed by atoms with Gasteiger partial charge in [0.1, 0.15) is 22.4 Å². The molecule has 1 atom stereocenters. The van der Waals surface area contributed by atoms with Crippen LogP contribution in [0, 0.1) is 5.41 Å². The molecule has 0 saturated carbocycles. The van der Waals surface area contributed by atoms with Crippen molar-refractivity contribution in [2.45, 2.75) is 12.5 Å². The smallest absolute Gasteiger partial charge is 0.152 e. The van der Waals surface area contributed by atoms with E-state index in [1.165, 1.54) is 11.3 Å². The Morgan fingerprint density at radius 1 is 1.33 bits per heavy atom. The Morgan fingerprint density at radius 3 is 2.70 bits per heavy atom. The van der Waals surface area contributed by atoms with Crippen LogP contribution in [0.25, 0.3) is 16.8 Å². The Labute approximate surface area is 161 Å². The number of sulfone groups is 1. The minimum Gasteiger partial charge on any atom is -0.510 e. The Bertz CT molecular complexity index is 1030. The fraction of sp³-hybridized carbons (Fsp3) is 0.333. The maximum Gasteiger partial charge on any atom is 0.152 e. The lowest BCUT2D eigenvalue weighted by Crippen LogP contribution is -2.38. The second-order valence-electron chi connectivity index (χ2n) is 6.62. The average Bonchev–Trinajstić information content (AvgIpc) is 3.33. The number of aromatic nitrogens is 1. The Morgan fingerprint density at radius 2 is 2.07 bits per heavy atom. The van der Waals surface area contributed by atoms with E-state index < -0.39 is 9.84 Å². The van der Waals surface area contributed by atoms with Crippen molar-refractivity contribution in [2.24, 2.45) is 0 Å². The first-order valence-electron chi connectivity index (χ1n) is 8.46. The number of ether oxygens (including phenoxy) is 1. The van der Waals surface area contributed by atoms with Crippen molar-refractivity contribution in [3.63, 3.8) is 0 Å². The highest BCUT2D eigenvalue weighted by Crippen LogP contribution is 2.34. The molecule has 2 aliphatic rings. The van der Waals surface area contributed by atoms with Gasteiger partial charge >= 0.3 is 0 Å². The molecule has 0 radical (unpaired) electrons. The number of nitrogens with zero attached hydrogens (tertiary/aromatic N) is 2. The predicted octanol–water partition coefficient (Wildman–Crippen LogP) is 2.57. The number of hydrogen-bond acceptors (Lipinski definition) is 7. The van der Waals surface area contributed by atoms with Crippen molar-refractivity contribution < 1.29 is 18.3 Å². The zero-order valence-corrected chi connectivity index (χ0v) is 16.3. The molecule has 1 unspecified atom stereocenters. The maximum absolute atomic E-state index is 11.8. The molecular weight excluding hydrogens is 386 g/mol. The summed E-state index contributed by atoms with van der Waals surface area (Å²) in [4.78, 5) is 6.25. The Hall–Kier alpha value is -2.39. The van der Waals surface area contributed by atoms with Gasteiger partial charge in [0.05, 0.1) is 36.4 Å². The summed E-state index contributed by atoms with van der Waals surface area (Å²) < 4.78 is 28.7. The van der Waals surface area contributed by atoms with Gasteiger partial charge in [-0.05, 0) is 30.7 Å². The first kappa shape index (κ1) is 18.0. The maximum atomic E-state index is 11.8. The van der Waals surface area contributed by atoms with Gasteiger partial charge in [-0.25, -0.2) is 13.4 Å². The molecule has 9 heteroatoms. The van der Waals surface area contributed by atoms with E-state index in [4.69, 9.17) is 10.1 Å². The van der Waals surface area contributed by atoms with Crippen LogP contribution in [0.15, 0.2) is 35.4 Å². The first-order valence-corrected chi connectivity index (χ1v) is 11.2. The lowest BCUT2D eigenvalue weighted by Gasteiger charge is -2.24. The molecule has 1 aromatic heterocycles. The van der Waals surface area contributed by atoms with Crippen LogP contribution in [0.2, 0.25) is 0 Å². The molecule has 3 heterocycles. The third-order valence-electron chi connectivity index (χ3n) is 4.89. The molecule has 1 aromatic carbocycles. The standard InChI is InChI=1S/C18H19N3O4S2/c1-25-13-4-2-11(3-5-13)14-9-26-18(20-14)16-15(22)8-21(17(16)19)12-6-7-27(23,24)10-12/h2-5,9,12,19,22H,6-8,10H2,1H3. The number of benzene rings is 1. The van der Waals surface area contributed by atoms with E-state index in [1.807, 2.05) is 29.6 Å². The molecular formula is C18H19N3O4S2. The highest BCUT2D eigenvalue weighted by Gasteiger charge is 2.39. The average molecular weight is 406 g/mol. The molecule has 0 bridgehead atoms. The number of amidine groups is 1. The summed E-state index contributed by atoms with van der Waals surface area (Å²) >= 11 is 1.36. The topological polar surface area (TPSA) is 104 Å². The van der Waals surface area contributed by atoms with Gasteiger partial charge in [0.2, 0.25) is 0 Å². The van der Waals surface area contributed by atoms with Gasteiger partial charge in [0.25, 0.3) is 0 Å². The van der Waals surface area contributed by atoms with Crippen LogP contribution in [0.5, 0.6) is 5.75 Å². The van der Waals surface area contributed by atoms with Crippen LogP contribution in [-0.2, 0) is 9.84 Å². The summed E-state index contributed by atoms with van der Waals surface area (Å²) in [5, 5.41) is 21.3. The highest BCUT2D eigenvalue weighted by molar-refractivity contribution is 7.91. The number of methoxy groups -OCH3 is 1. The zero-order valence-electron chi connectivity index (χ0n) is 14.7. The molecule has 27 heavy (non-hydrogen) atoms. The summed E-state index contributed by atoms with van der Waals surface area (Å²) in [6.07, 6.45) is 0.486. The lowest BCUT2D eigenvalue weighted by atomic mass is 10.1. The predicted molar refractivity (Wildman–Crippen MR) is 105 cm³/mol. The molecule has 4 rings (SSSR count). The molecule has 1 fully saturated rings. The lowest BCUT2D eigenvalue weighted by molar-refractivity contribution is 0.309. The van der Waals surface area contributed by atoms with Crippen LogP contribution in [0.1, 0.15) is 11.4 Å². The van der Waals surface area contributed by atoms with Gasteiger partial charge in [-0.1, -0.05) is 0 Å². The van der Waals surface area contributed by atoms with E-state index in [2.05, 4.69) is 4.98 Å². The van der Waals surface area contributed by atoms with E-state index in [1.54, 1.807) is 12.0 Å². The fourth-order valence-corrected chi connectivity index (χ4v) is 6.07. The SMILES string of the molecule is COc1ccc(-c2csc(C3=C(O)CN(C4CCS(=O)(=O)C4)C3=N)n2)cc1. The minimum atomic E-state index is -3.06. The molecule has 0 spiro atoms. The van der Waals surface area contributed by atoms with E-state index in [9.17, 15) is 13.5 Å². The Balaban J connectivity index is 1.57. The van der Waals surface area contributed by atoms with Gasteiger partial charge in [0, 0.05) is 17.0 Å². The van der Waals surface area contributed by atoms with Gasteiger partial charge < -0.3 is 14.7 Å². The molecule has 0 aliphatic carbocycles. The summed E-state index contributed by atoms with van der Waals surface area (Å²) in [7, 11) is -1.45. The third-order valence-corrected chi connectivity index (χ3v) is 7.50. The summed E-state index contributed by atoms with van der Waals surface area (Å²) in [5.41, 5.74) is 2.07. The molecule has 1 saturated heterocycles. The van der Waals surface area contributed by atoms with Crippen LogP contribution in [0.3, 0.4) is 0 Å². The van der Waals surface area contributed by atoms with Crippen molar-refractivity contribution >= 4 is 32.6 Å². The van der Waals surface area contributed by atoms with Crippen LogP contribution in [0.4, 0.5) is 0 Å². The zero-order chi connectivity index (χ0) is 19.2. The van der Waals surface area contributed by atoms with Gasteiger partial charge in [-0.15, -0.1) is 11.3 Å². The summed E-state index contributed by atoms with van der Waals surface area (Å²) in [6, 6.07) is 7.25. The number of thiazole rings is 1. The van der Waals surface area contributed by atoms with Crippen molar-refractivity contribution in [3.05, 3.63) is 40.4 Å². The molecule has 142 valence electrons. The van der Waals surface area contributed by atoms with Gasteiger partial charge in [-0.2, -0.15) is 0 Å². The van der Waals surface area contributed by atoms with E-state index in [-0.39, 0.29) is 35.7 Å². The van der Waals surface area contributed by atoms with Gasteiger partial charge in [0.15, 0.2) is 9.84 Å². The Kier molecular flexibility index (Phi) is 4.43. The second-order valence-corrected chi connectivity index (χ2v) is 9.71. The molecule has 2 N–H and O–H groups in total. The van der Waals surface area contributed by atoms with Crippen LogP contribution < -0.4 is 4.74 Å². The number of aliphatic hydroxyl groups excluding tert-OH is 1. The number of rotatable bonds is 4. The monoisotopic (exact) mass is 405 g/mol. The molecule has 7 nitrogen and oxygen atoms in total. The summed E-state index contributed by atoms with van der Waals surface area (Å²) in [6.45, 7) is 0.159. The molecule has 0 amide bonds. The normalized spacial score (nSPS) is 21.9. The van der Waals surface area contributed by atoms with E-state index in [0.29, 0.717) is 17.0 Å². The number of nitrogens with one attached hydrogen (secondary N) is 1. The second kappa shape index (κ2) is 6.65. The van der Waals surface area contributed by atoms with E-state index >= 15 is 0 Å². The van der Waals surface area contributed by atoms with Crippen LogP contribution in [-0.4, -0.2) is 60.4 Å². The quantitative estimate of drug-likeness (QED) is 0.810. The number of aliphatic hydroxyl groups is 1. The molecule has 2 aliphatic heterocycles. The number of hydrogen-bond donors (Lipinski definition) is 2. The largest absolute Gasteiger partial charge is 0.510 e. The highest BCUT2D eigenvalue weighted by atomic mass is 32.2. The van der Waals surface area contributed by atoms with Crippen molar-refractivity contribution in [2.75, 3.05) is 25.2 Å². The van der Waals surface area contributed by atoms with E-state index in [0.717, 1.165) is 17.0 Å². The minimum absolute atomic E-state index is 0.0326. The third kappa shape index (κ3) is 3.32. The van der Waals surface area contributed by atoms with Crippen LogP contribution >= 0.6 is 11.3 Å². The van der Waals surface area contributed by atoms with Gasteiger partial charge in [-0.3, -0.25) is 5.41 Å². The fourth-order valence-electron chi connectivity index (χ4n) is 3.44. The summed E-state index contributed by atoms with van der Waals surface area (Å²) in [5.74, 6) is 1.14. The van der Waals surface area contributed by atoms with Crippen molar-refractivity contribution in [1.29, 1.82) is 5.41 Å².